The number of hydrogen-bond donors (Lipinski definition) is 1. The highest BCUT2D eigenvalue weighted by Crippen LogP contribution is 2.00. The van der Waals surface area contributed by atoms with Crippen molar-refractivity contribution in [2.24, 2.45) is 0 Å². The number of nitrogens with one attached hydrogen (secondary N) is 1. The Bertz CT molecular complexity index is 204. The van der Waals surface area contributed by atoms with Crippen LogP contribution < -0.4 is 5.32 Å². The molecule has 0 aliphatic carbocycles. The lowest BCUT2D eigenvalue weighted by Gasteiger charge is -2.33. The van der Waals surface area contributed by atoms with Crippen LogP contribution in [0.4, 0.5) is 0 Å². The van der Waals surface area contributed by atoms with E-state index in [0.29, 0.717) is 12.6 Å². The Morgan fingerprint density at radius 1 is 1.47 bits per heavy atom. The van der Waals surface area contributed by atoms with Gasteiger partial charge in [-0.1, -0.05) is 13.8 Å². The predicted molar refractivity (Wildman–Crippen MR) is 61.8 cm³/mol. The van der Waals surface area contributed by atoms with Crippen LogP contribution in [0.5, 0.6) is 0 Å². The third-order valence-electron chi connectivity index (χ3n) is 2.97. The lowest BCUT2D eigenvalue weighted by Crippen LogP contribution is -2.53. The number of carbonyl (C=O) groups is 1. The first-order valence-electron chi connectivity index (χ1n) is 5.90. The normalized spacial score (nSPS) is 22.1. The molecular formula is C11H23N3O. The largest absolute Gasteiger partial charge is 0.339 e. The first kappa shape index (κ1) is 12.5. The van der Waals surface area contributed by atoms with Crippen LogP contribution in [0.1, 0.15) is 20.8 Å². The van der Waals surface area contributed by atoms with Gasteiger partial charge in [-0.15, -0.1) is 0 Å². The quantitative estimate of drug-likeness (QED) is 0.722. The SMILES string of the molecule is CCN(CC)CC(=O)N1CCN[C@H](C)C1. The Kier molecular flexibility index (Phi) is 5.05. The molecule has 1 atom stereocenters. The van der Waals surface area contributed by atoms with Crippen molar-refractivity contribution in [2.45, 2.75) is 26.8 Å². The summed E-state index contributed by atoms with van der Waals surface area (Å²) in [7, 11) is 0. The van der Waals surface area contributed by atoms with Crippen LogP contribution in [0.2, 0.25) is 0 Å². The van der Waals surface area contributed by atoms with Crippen molar-refractivity contribution < 1.29 is 4.79 Å². The molecule has 1 aliphatic rings. The zero-order valence-corrected chi connectivity index (χ0v) is 10.1. The summed E-state index contributed by atoms with van der Waals surface area (Å²) >= 11 is 0. The van der Waals surface area contributed by atoms with Crippen molar-refractivity contribution in [1.29, 1.82) is 0 Å². The van der Waals surface area contributed by atoms with E-state index in [1.54, 1.807) is 0 Å². The molecule has 0 radical (unpaired) electrons. The molecule has 88 valence electrons. The maximum Gasteiger partial charge on any atom is 0.236 e. The Balaban J connectivity index is 2.38. The lowest BCUT2D eigenvalue weighted by atomic mass is 10.2. The molecule has 1 aliphatic heterocycles. The molecule has 0 bridgehead atoms. The maximum absolute atomic E-state index is 11.9. The summed E-state index contributed by atoms with van der Waals surface area (Å²) in [5.74, 6) is 0.270. The minimum Gasteiger partial charge on any atom is -0.339 e. The molecule has 0 aromatic heterocycles. The molecule has 15 heavy (non-hydrogen) atoms. The van der Waals surface area contributed by atoms with Crippen LogP contribution in [0, 0.1) is 0 Å². The van der Waals surface area contributed by atoms with E-state index in [-0.39, 0.29) is 5.91 Å². The molecule has 4 nitrogen and oxygen atoms in total. The molecule has 1 fully saturated rings. The van der Waals surface area contributed by atoms with E-state index < -0.39 is 0 Å². The number of piperazine rings is 1. The molecule has 1 amide bonds. The Morgan fingerprint density at radius 2 is 2.13 bits per heavy atom. The van der Waals surface area contributed by atoms with Crippen LogP contribution in [0.25, 0.3) is 0 Å². The van der Waals surface area contributed by atoms with Gasteiger partial charge in [-0.05, 0) is 20.0 Å². The average molecular weight is 213 g/mol. The van der Waals surface area contributed by atoms with Crippen LogP contribution in [-0.2, 0) is 4.79 Å². The number of hydrogen-bond acceptors (Lipinski definition) is 3. The minimum absolute atomic E-state index is 0.270. The Labute approximate surface area is 92.6 Å². The van der Waals surface area contributed by atoms with Crippen molar-refractivity contribution >= 4 is 5.91 Å². The number of amides is 1. The second-order valence-electron chi connectivity index (χ2n) is 4.16. The minimum atomic E-state index is 0.270. The van der Waals surface area contributed by atoms with Gasteiger partial charge in [0.15, 0.2) is 0 Å². The van der Waals surface area contributed by atoms with Crippen molar-refractivity contribution in [3.8, 4) is 0 Å². The van der Waals surface area contributed by atoms with Crippen LogP contribution in [-0.4, -0.2) is 61.0 Å². The van der Waals surface area contributed by atoms with Crippen molar-refractivity contribution in [3.63, 3.8) is 0 Å². The Morgan fingerprint density at radius 3 is 2.67 bits per heavy atom. The monoisotopic (exact) mass is 213 g/mol. The number of carbonyl (C=O) groups excluding carboxylic acids is 1. The molecule has 0 spiro atoms. The van der Waals surface area contributed by atoms with Crippen molar-refractivity contribution in [1.82, 2.24) is 15.1 Å². The number of nitrogens with zero attached hydrogens (tertiary/aromatic N) is 2. The predicted octanol–water partition coefficient (Wildman–Crippen LogP) is 0.149. The van der Waals surface area contributed by atoms with Crippen LogP contribution in [0.3, 0.4) is 0 Å². The third-order valence-corrected chi connectivity index (χ3v) is 2.97. The van der Waals surface area contributed by atoms with Gasteiger partial charge in [0.2, 0.25) is 5.91 Å². The van der Waals surface area contributed by atoms with Gasteiger partial charge in [0.1, 0.15) is 0 Å². The fourth-order valence-electron chi connectivity index (χ4n) is 1.90. The van der Waals surface area contributed by atoms with Gasteiger partial charge in [-0.25, -0.2) is 0 Å². The highest BCUT2D eigenvalue weighted by atomic mass is 16.2. The van der Waals surface area contributed by atoms with E-state index >= 15 is 0 Å². The molecule has 0 aromatic rings. The molecule has 1 N–H and O–H groups in total. The fourth-order valence-corrected chi connectivity index (χ4v) is 1.90. The summed E-state index contributed by atoms with van der Waals surface area (Å²) in [4.78, 5) is 16.1. The van der Waals surface area contributed by atoms with E-state index in [1.807, 2.05) is 4.90 Å². The van der Waals surface area contributed by atoms with Crippen LogP contribution >= 0.6 is 0 Å². The maximum atomic E-state index is 11.9. The Hall–Kier alpha value is -0.610. The lowest BCUT2D eigenvalue weighted by molar-refractivity contribution is -0.133. The summed E-state index contributed by atoms with van der Waals surface area (Å²) in [5.41, 5.74) is 0. The first-order chi connectivity index (χ1) is 7.17. The second kappa shape index (κ2) is 6.08. The fraction of sp³-hybridized carbons (Fsp3) is 0.909. The van der Waals surface area contributed by atoms with E-state index in [0.717, 1.165) is 32.7 Å². The highest BCUT2D eigenvalue weighted by molar-refractivity contribution is 5.78. The van der Waals surface area contributed by atoms with Gasteiger partial charge in [0.05, 0.1) is 6.54 Å². The molecule has 1 saturated heterocycles. The molecule has 4 heteroatoms. The summed E-state index contributed by atoms with van der Waals surface area (Å²) < 4.78 is 0. The van der Waals surface area contributed by atoms with Crippen LogP contribution in [0.15, 0.2) is 0 Å². The summed E-state index contributed by atoms with van der Waals surface area (Å²) in [6.45, 7) is 11.4. The molecule has 0 aromatic carbocycles. The van der Waals surface area contributed by atoms with Gasteiger partial charge in [0, 0.05) is 25.7 Å². The zero-order valence-electron chi connectivity index (χ0n) is 10.1. The van der Waals surface area contributed by atoms with Gasteiger partial charge < -0.3 is 10.2 Å². The topological polar surface area (TPSA) is 35.6 Å². The molecular weight excluding hydrogens is 190 g/mol. The molecule has 0 unspecified atom stereocenters. The molecule has 0 saturated carbocycles. The third kappa shape index (κ3) is 3.80. The van der Waals surface area contributed by atoms with Crippen molar-refractivity contribution in [2.75, 3.05) is 39.3 Å². The van der Waals surface area contributed by atoms with E-state index in [9.17, 15) is 4.79 Å². The van der Waals surface area contributed by atoms with Gasteiger partial charge in [-0.2, -0.15) is 0 Å². The number of likely N-dealkylation sites (N-methyl/N-ethyl adjacent to an activating group) is 1. The van der Waals surface area contributed by atoms with Gasteiger partial charge in [0.25, 0.3) is 0 Å². The zero-order chi connectivity index (χ0) is 11.3. The standard InChI is InChI=1S/C11H23N3O/c1-4-13(5-2)9-11(15)14-7-6-12-10(3)8-14/h10,12H,4-9H2,1-3H3/t10-/m1/s1. The summed E-state index contributed by atoms with van der Waals surface area (Å²) in [6.07, 6.45) is 0. The van der Waals surface area contributed by atoms with Gasteiger partial charge in [-0.3, -0.25) is 9.69 Å². The van der Waals surface area contributed by atoms with Crippen molar-refractivity contribution in [3.05, 3.63) is 0 Å². The smallest absolute Gasteiger partial charge is 0.236 e. The average Bonchev–Trinajstić information content (AvgIpc) is 2.25. The second-order valence-corrected chi connectivity index (χ2v) is 4.16. The molecule has 1 heterocycles. The van der Waals surface area contributed by atoms with E-state index in [4.69, 9.17) is 0 Å². The first-order valence-corrected chi connectivity index (χ1v) is 5.90. The number of rotatable bonds is 4. The van der Waals surface area contributed by atoms with E-state index in [1.165, 1.54) is 0 Å². The summed E-state index contributed by atoms with van der Waals surface area (Å²) in [6, 6.07) is 0.430. The molecule has 1 rings (SSSR count). The van der Waals surface area contributed by atoms with E-state index in [2.05, 4.69) is 31.0 Å². The van der Waals surface area contributed by atoms with Gasteiger partial charge >= 0.3 is 0 Å². The summed E-state index contributed by atoms with van der Waals surface area (Å²) in [5, 5.41) is 3.34. The highest BCUT2D eigenvalue weighted by Gasteiger charge is 2.21.